The summed E-state index contributed by atoms with van der Waals surface area (Å²) in [6, 6.07) is 0. The van der Waals surface area contributed by atoms with Crippen molar-refractivity contribution in [2.75, 3.05) is 12.0 Å². The molecule has 36 valence electrons. The molecule has 0 aliphatic rings. The summed E-state index contributed by atoms with van der Waals surface area (Å²) in [5, 5.41) is 0. The molecule has 0 spiro atoms. The Balaban J connectivity index is 2.66. The van der Waals surface area contributed by atoms with Crippen molar-refractivity contribution in [3.05, 3.63) is 12.3 Å². The predicted octanol–water partition coefficient (Wildman–Crippen LogP) is 0.822. The summed E-state index contributed by atoms with van der Waals surface area (Å²) in [5.74, 6) is 1.02. The highest BCUT2D eigenvalue weighted by Crippen LogP contribution is 1.88. The number of rotatable bonds is 2. The summed E-state index contributed by atoms with van der Waals surface area (Å²) < 4.78 is 0. The molecule has 6 heavy (non-hydrogen) atoms. The van der Waals surface area contributed by atoms with Gasteiger partial charge in [0.15, 0.2) is 0 Å². The molecule has 0 aromatic rings. The molecule has 1 nitrogen and oxygen atoms in total. The van der Waals surface area contributed by atoms with Crippen molar-refractivity contribution in [2.45, 2.75) is 0 Å². The van der Waals surface area contributed by atoms with Crippen LogP contribution in [0.2, 0.25) is 0 Å². The molecule has 0 radical (unpaired) electrons. The van der Waals surface area contributed by atoms with Crippen LogP contribution in [0.4, 0.5) is 0 Å². The smallest absolute Gasteiger partial charge is 0.0127 e. The fourth-order valence-corrected chi connectivity index (χ4v) is 0.455. The largest absolute Gasteiger partial charge is 0.405 e. The van der Waals surface area contributed by atoms with E-state index in [1.54, 1.807) is 18.0 Å². The molecule has 0 aromatic heterocycles. The Hall–Kier alpha value is -0.110. The van der Waals surface area contributed by atoms with E-state index in [4.69, 9.17) is 5.73 Å². The standard InChI is InChI=1S/C4H9NS/c1-6-4-2-3-5/h2-3H,4-5H2,1H3/b3-2-. The number of thioether (sulfide) groups is 1. The number of hydrogen-bond acceptors (Lipinski definition) is 2. The third kappa shape index (κ3) is 3.89. The van der Waals surface area contributed by atoms with Gasteiger partial charge in [-0.25, -0.2) is 0 Å². The van der Waals surface area contributed by atoms with Crippen molar-refractivity contribution in [3.63, 3.8) is 0 Å². The quantitative estimate of drug-likeness (QED) is 0.560. The van der Waals surface area contributed by atoms with Crippen molar-refractivity contribution in [3.8, 4) is 0 Å². The molecule has 0 bridgehead atoms. The number of hydrogen-bond donors (Lipinski definition) is 1. The third-order valence-electron chi connectivity index (χ3n) is 0.399. The van der Waals surface area contributed by atoms with Gasteiger partial charge in [-0.3, -0.25) is 0 Å². The Labute approximate surface area is 42.6 Å². The van der Waals surface area contributed by atoms with E-state index in [9.17, 15) is 0 Å². The van der Waals surface area contributed by atoms with Gasteiger partial charge in [-0.2, -0.15) is 11.8 Å². The van der Waals surface area contributed by atoms with Crippen LogP contribution in [-0.4, -0.2) is 12.0 Å². The zero-order valence-corrected chi connectivity index (χ0v) is 4.66. The van der Waals surface area contributed by atoms with Crippen LogP contribution in [0.3, 0.4) is 0 Å². The van der Waals surface area contributed by atoms with Crippen molar-refractivity contribution < 1.29 is 0 Å². The van der Waals surface area contributed by atoms with Gasteiger partial charge >= 0.3 is 0 Å². The highest BCUT2D eigenvalue weighted by atomic mass is 32.2. The lowest BCUT2D eigenvalue weighted by molar-refractivity contribution is 1.56. The zero-order valence-electron chi connectivity index (χ0n) is 3.85. The Morgan fingerprint density at radius 1 is 1.83 bits per heavy atom. The first kappa shape index (κ1) is 5.89. The van der Waals surface area contributed by atoms with Gasteiger partial charge in [0.2, 0.25) is 0 Å². The molecule has 0 aromatic carbocycles. The molecule has 0 aliphatic heterocycles. The van der Waals surface area contributed by atoms with Gasteiger partial charge in [0.1, 0.15) is 0 Å². The monoisotopic (exact) mass is 103 g/mol. The average Bonchev–Trinajstić information content (AvgIpc) is 1.61. The lowest BCUT2D eigenvalue weighted by atomic mass is 10.7. The molecule has 0 saturated carbocycles. The maximum Gasteiger partial charge on any atom is 0.0127 e. The molecule has 0 amide bonds. The minimum Gasteiger partial charge on any atom is -0.405 e. The van der Waals surface area contributed by atoms with Crippen molar-refractivity contribution in [2.24, 2.45) is 5.73 Å². The molecule has 0 unspecified atom stereocenters. The molecular formula is C4H9NS. The Morgan fingerprint density at radius 3 is 2.67 bits per heavy atom. The molecule has 0 atom stereocenters. The molecule has 2 N–H and O–H groups in total. The fourth-order valence-electron chi connectivity index (χ4n) is 0.152. The Bertz CT molecular complexity index is 42.8. The van der Waals surface area contributed by atoms with Crippen LogP contribution in [0.15, 0.2) is 12.3 Å². The van der Waals surface area contributed by atoms with Crippen molar-refractivity contribution >= 4 is 11.8 Å². The summed E-state index contributed by atoms with van der Waals surface area (Å²) in [7, 11) is 0. The van der Waals surface area contributed by atoms with Crippen LogP contribution >= 0.6 is 11.8 Å². The molecule has 0 saturated heterocycles. The first-order valence-electron chi connectivity index (χ1n) is 1.77. The normalized spacial score (nSPS) is 10.2. The SMILES string of the molecule is CSC/C=C\N. The van der Waals surface area contributed by atoms with Crippen LogP contribution in [0.1, 0.15) is 0 Å². The topological polar surface area (TPSA) is 26.0 Å². The van der Waals surface area contributed by atoms with Gasteiger partial charge < -0.3 is 5.73 Å². The van der Waals surface area contributed by atoms with Crippen molar-refractivity contribution in [1.82, 2.24) is 0 Å². The maximum absolute atomic E-state index is 5.02. The summed E-state index contributed by atoms with van der Waals surface area (Å²) in [6.45, 7) is 0. The lowest BCUT2D eigenvalue weighted by Gasteiger charge is -1.77. The van der Waals surface area contributed by atoms with E-state index in [1.807, 2.05) is 12.3 Å². The highest BCUT2D eigenvalue weighted by Gasteiger charge is 1.64. The molecule has 0 rings (SSSR count). The van der Waals surface area contributed by atoms with E-state index in [1.165, 1.54) is 0 Å². The lowest BCUT2D eigenvalue weighted by Crippen LogP contribution is -1.76. The second kappa shape index (κ2) is 4.89. The van der Waals surface area contributed by atoms with Crippen LogP contribution in [0, 0.1) is 0 Å². The minimum atomic E-state index is 1.02. The van der Waals surface area contributed by atoms with E-state index < -0.39 is 0 Å². The molecule has 0 heterocycles. The minimum absolute atomic E-state index is 1.02. The van der Waals surface area contributed by atoms with Crippen LogP contribution < -0.4 is 5.73 Å². The summed E-state index contributed by atoms with van der Waals surface area (Å²) in [6.07, 6.45) is 5.53. The fraction of sp³-hybridized carbons (Fsp3) is 0.500. The second-order valence-electron chi connectivity index (χ2n) is 0.883. The number of nitrogens with two attached hydrogens (primary N) is 1. The highest BCUT2D eigenvalue weighted by molar-refractivity contribution is 7.98. The summed E-state index contributed by atoms with van der Waals surface area (Å²) >= 11 is 1.76. The summed E-state index contributed by atoms with van der Waals surface area (Å²) in [4.78, 5) is 0. The zero-order chi connectivity index (χ0) is 4.83. The van der Waals surface area contributed by atoms with Gasteiger partial charge in [-0.15, -0.1) is 0 Å². The van der Waals surface area contributed by atoms with Gasteiger partial charge in [0.25, 0.3) is 0 Å². The van der Waals surface area contributed by atoms with E-state index >= 15 is 0 Å². The maximum atomic E-state index is 5.02. The average molecular weight is 103 g/mol. The van der Waals surface area contributed by atoms with Crippen LogP contribution in [0.5, 0.6) is 0 Å². The molecular weight excluding hydrogens is 94.1 g/mol. The molecule has 0 aliphatic carbocycles. The van der Waals surface area contributed by atoms with E-state index in [2.05, 4.69) is 0 Å². The Kier molecular flexibility index (Phi) is 4.80. The second-order valence-corrected chi connectivity index (χ2v) is 1.79. The van der Waals surface area contributed by atoms with E-state index in [-0.39, 0.29) is 0 Å². The van der Waals surface area contributed by atoms with Gasteiger partial charge in [0, 0.05) is 5.75 Å². The van der Waals surface area contributed by atoms with Gasteiger partial charge in [0.05, 0.1) is 0 Å². The van der Waals surface area contributed by atoms with E-state index in [0.29, 0.717) is 0 Å². The first-order valence-corrected chi connectivity index (χ1v) is 3.17. The van der Waals surface area contributed by atoms with Crippen LogP contribution in [-0.2, 0) is 0 Å². The first-order chi connectivity index (χ1) is 2.91. The van der Waals surface area contributed by atoms with Crippen molar-refractivity contribution in [1.29, 1.82) is 0 Å². The third-order valence-corrected chi connectivity index (χ3v) is 0.925. The predicted molar refractivity (Wildman–Crippen MR) is 31.7 cm³/mol. The van der Waals surface area contributed by atoms with Gasteiger partial charge in [-0.05, 0) is 12.5 Å². The van der Waals surface area contributed by atoms with Crippen LogP contribution in [0.25, 0.3) is 0 Å². The molecule has 2 heteroatoms. The Morgan fingerprint density at radius 2 is 2.50 bits per heavy atom. The summed E-state index contributed by atoms with van der Waals surface area (Å²) in [5.41, 5.74) is 5.02. The van der Waals surface area contributed by atoms with Gasteiger partial charge in [-0.1, -0.05) is 6.08 Å². The van der Waals surface area contributed by atoms with E-state index in [0.717, 1.165) is 5.75 Å². The molecule has 0 fully saturated rings.